The zero-order valence-electron chi connectivity index (χ0n) is 21.0. The van der Waals surface area contributed by atoms with Crippen LogP contribution in [-0.4, -0.2) is 55.8 Å². The maximum Gasteiger partial charge on any atom is 0.380 e. The molecule has 2 aromatic rings. The first-order valence-corrected chi connectivity index (χ1v) is 14.3. The van der Waals surface area contributed by atoms with Crippen molar-refractivity contribution in [1.29, 1.82) is 0 Å². The summed E-state index contributed by atoms with van der Waals surface area (Å²) in [6.45, 7) is 3.70. The van der Waals surface area contributed by atoms with Crippen LogP contribution in [0.4, 0.5) is 4.39 Å². The van der Waals surface area contributed by atoms with E-state index in [1.165, 1.54) is 13.8 Å². The van der Waals surface area contributed by atoms with E-state index in [4.69, 9.17) is 13.8 Å². The van der Waals surface area contributed by atoms with Gasteiger partial charge in [0.15, 0.2) is 6.23 Å². The number of aromatic amines is 1. The van der Waals surface area contributed by atoms with Gasteiger partial charge in [0.1, 0.15) is 29.5 Å². The van der Waals surface area contributed by atoms with Crippen molar-refractivity contribution in [3.8, 4) is 5.75 Å². The van der Waals surface area contributed by atoms with Crippen LogP contribution < -0.4 is 15.8 Å². The lowest BCUT2D eigenvalue weighted by Crippen LogP contribution is -2.41. The van der Waals surface area contributed by atoms with Crippen molar-refractivity contribution >= 4 is 35.1 Å². The Bertz CT molecular complexity index is 1340. The zero-order valence-corrected chi connectivity index (χ0v) is 23.4. The maximum absolute atomic E-state index is 15.4. The van der Waals surface area contributed by atoms with Crippen LogP contribution in [0.25, 0.3) is 0 Å². The van der Waals surface area contributed by atoms with Gasteiger partial charge in [-0.2, -0.15) is 0 Å². The number of para-hydroxylation sites is 1. The number of nitrogens with zero attached hydrogens (tertiary/aromatic N) is 1. The number of aliphatic hydroxyl groups is 1. The molecule has 0 amide bonds. The molecule has 1 aromatic carbocycles. The van der Waals surface area contributed by atoms with Crippen molar-refractivity contribution in [3.63, 3.8) is 0 Å². The van der Waals surface area contributed by atoms with Gasteiger partial charge in [-0.1, -0.05) is 25.1 Å². The van der Waals surface area contributed by atoms with Crippen LogP contribution in [0, 0.1) is 5.92 Å². The third-order valence-corrected chi connectivity index (χ3v) is 8.94. The average Bonchev–Trinajstić information content (AvgIpc) is 3.05. The minimum Gasteiger partial charge on any atom is -0.424 e. The number of ether oxygens (including phenoxy) is 1. The van der Waals surface area contributed by atoms with Gasteiger partial charge < -0.3 is 19.2 Å². The molecule has 2 N–H and O–H groups in total. The first-order valence-electron chi connectivity index (χ1n) is 11.8. The first-order chi connectivity index (χ1) is 17.7. The highest BCUT2D eigenvalue weighted by molar-refractivity contribution is 9.10. The minimum absolute atomic E-state index is 0.0440. The van der Waals surface area contributed by atoms with Crippen LogP contribution >= 0.6 is 23.5 Å². The highest BCUT2D eigenvalue weighted by Gasteiger charge is 2.57. The number of aliphatic hydroxyl groups excluding tert-OH is 1. The molecule has 0 aliphatic carbocycles. The molecule has 0 bridgehead atoms. The van der Waals surface area contributed by atoms with Crippen molar-refractivity contribution in [2.45, 2.75) is 56.6 Å². The summed E-state index contributed by atoms with van der Waals surface area (Å²) in [7, 11) is -4.10. The van der Waals surface area contributed by atoms with E-state index >= 15 is 4.39 Å². The topological polar surface area (TPSA) is 154 Å². The fourth-order valence-electron chi connectivity index (χ4n) is 3.75. The second-order valence-corrected chi connectivity index (χ2v) is 12.4. The second kappa shape index (κ2) is 12.2. The number of alkyl halides is 2. The van der Waals surface area contributed by atoms with Crippen molar-refractivity contribution in [1.82, 2.24) is 9.55 Å². The number of hydrogen-bond donors (Lipinski definition) is 2. The summed E-state index contributed by atoms with van der Waals surface area (Å²) in [5.41, 5.74) is -1.07. The molecule has 3 rings (SSSR count). The minimum atomic E-state index is -4.10. The van der Waals surface area contributed by atoms with Crippen LogP contribution in [0.3, 0.4) is 0 Å². The Balaban J connectivity index is 1.84. The van der Waals surface area contributed by atoms with E-state index in [1.54, 1.807) is 31.2 Å². The van der Waals surface area contributed by atoms with E-state index in [1.807, 2.05) is 4.98 Å². The molecule has 6 atom stereocenters. The van der Waals surface area contributed by atoms with Crippen molar-refractivity contribution in [2.24, 2.45) is 5.92 Å². The molecule has 0 saturated carbocycles. The lowest BCUT2D eigenvalue weighted by Gasteiger charge is -2.25. The number of nitrogens with one attached hydrogen (secondary N) is 1. The third-order valence-electron chi connectivity index (χ3n) is 6.07. The molecule has 38 heavy (non-hydrogen) atoms. The summed E-state index contributed by atoms with van der Waals surface area (Å²) in [5.74, 6) is -0.833. The molecule has 11 nitrogen and oxygen atoms in total. The Morgan fingerprint density at radius 2 is 1.97 bits per heavy atom. The number of carbonyl (C=O) groups is 2. The highest BCUT2D eigenvalue weighted by Crippen LogP contribution is 2.52. The molecule has 208 valence electrons. The number of H-pyrrole nitrogens is 1. The molecule has 14 heteroatoms. The number of benzene rings is 1. The number of aryl methyl sites for hydroxylation is 1. The lowest BCUT2D eigenvalue weighted by atomic mass is 10.1. The molecule has 1 fully saturated rings. The predicted molar refractivity (Wildman–Crippen MR) is 138 cm³/mol. The number of ketones is 2. The van der Waals surface area contributed by atoms with Gasteiger partial charge in [-0.3, -0.25) is 23.7 Å². The zero-order chi connectivity index (χ0) is 28.3. The van der Waals surface area contributed by atoms with Crippen molar-refractivity contribution < 1.29 is 37.4 Å². The molecule has 1 aliphatic rings. The Hall–Kier alpha value is -2.44. The third kappa shape index (κ3) is 7.15. The van der Waals surface area contributed by atoms with Gasteiger partial charge in [0.2, 0.25) is 4.58 Å². The van der Waals surface area contributed by atoms with Gasteiger partial charge in [-0.05, 0) is 47.8 Å². The van der Waals surface area contributed by atoms with E-state index in [2.05, 4.69) is 15.9 Å². The number of hydrogen-bond acceptors (Lipinski definition) is 9. The standard InChI is InChI=1S/C24H29BrFN2O9P/c1-14(16(3)30)13-38(34,37-18-7-5-4-6-17(18)9-8-15(2)29)35-12-19-21(32)24(25,26)22(36-19)28-11-10-20(31)27-23(28)33/h4-7,10-11,14,19,21-22,32H,8-9,12-13H2,1-3H3,(H,27,31,33)/t14-,19-,21+,22-,24?,38?/m1/s1. The quantitative estimate of drug-likeness (QED) is 0.270. The van der Waals surface area contributed by atoms with Gasteiger partial charge >= 0.3 is 13.3 Å². The molecular weight excluding hydrogens is 590 g/mol. The fourth-order valence-corrected chi connectivity index (χ4v) is 6.38. The molecule has 1 aromatic heterocycles. The predicted octanol–water partition coefficient (Wildman–Crippen LogP) is 2.89. The van der Waals surface area contributed by atoms with Crippen LogP contribution in [0.15, 0.2) is 46.1 Å². The smallest absolute Gasteiger partial charge is 0.380 e. The van der Waals surface area contributed by atoms with E-state index in [0.717, 1.165) is 16.8 Å². The number of aromatic nitrogens is 2. The number of carbonyl (C=O) groups excluding carboxylic acids is 2. The molecule has 1 aliphatic heterocycles. The summed E-state index contributed by atoms with van der Waals surface area (Å²) in [4.78, 5) is 48.9. The largest absolute Gasteiger partial charge is 0.424 e. The summed E-state index contributed by atoms with van der Waals surface area (Å²) < 4.78 is 44.3. The second-order valence-electron chi connectivity index (χ2n) is 9.17. The number of rotatable bonds is 12. The number of Topliss-reactive ketones (excluding diaryl/α,β-unsaturated/α-hetero) is 2. The molecular formula is C24H29BrFN2O9P. The average molecular weight is 619 g/mol. The molecule has 2 unspecified atom stereocenters. The van der Waals surface area contributed by atoms with Gasteiger partial charge in [0, 0.05) is 24.6 Å². The summed E-state index contributed by atoms with van der Waals surface area (Å²) in [6, 6.07) is 7.61. The molecule has 0 radical (unpaired) electrons. The van der Waals surface area contributed by atoms with Crippen molar-refractivity contribution in [3.05, 3.63) is 62.9 Å². The summed E-state index contributed by atoms with van der Waals surface area (Å²) in [6.07, 6.45) is -3.75. The molecule has 2 heterocycles. The Morgan fingerprint density at radius 3 is 2.61 bits per heavy atom. The molecule has 1 saturated heterocycles. The maximum atomic E-state index is 15.4. The van der Waals surface area contributed by atoms with Crippen LogP contribution in [0.2, 0.25) is 0 Å². The van der Waals surface area contributed by atoms with Crippen molar-refractivity contribution in [2.75, 3.05) is 12.8 Å². The SMILES string of the molecule is CC(=O)CCc1ccccc1OP(=O)(C[C@@H](C)C(C)=O)OC[C@H]1O[C@@H](n2ccc(=O)[nH]c2=O)C(F)(Br)[C@H]1O. The van der Waals surface area contributed by atoms with Gasteiger partial charge in [-0.15, -0.1) is 0 Å². The summed E-state index contributed by atoms with van der Waals surface area (Å²) in [5, 5.41) is 10.6. The number of halogens is 2. The Labute approximate surface area is 226 Å². The van der Waals surface area contributed by atoms with Crippen LogP contribution in [0.5, 0.6) is 5.75 Å². The van der Waals surface area contributed by atoms with Crippen LogP contribution in [0.1, 0.15) is 39.0 Å². The monoisotopic (exact) mass is 618 g/mol. The lowest BCUT2D eigenvalue weighted by molar-refractivity contribution is -0.120. The van der Waals surface area contributed by atoms with Gasteiger partial charge in [0.25, 0.3) is 5.56 Å². The normalized spacial score (nSPS) is 25.5. The Kier molecular flexibility index (Phi) is 9.64. The summed E-state index contributed by atoms with van der Waals surface area (Å²) >= 11 is 2.75. The highest BCUT2D eigenvalue weighted by atomic mass is 79.9. The van der Waals surface area contributed by atoms with Crippen LogP contribution in [-0.2, 0) is 29.8 Å². The van der Waals surface area contributed by atoms with E-state index in [9.17, 15) is 28.8 Å². The fraction of sp³-hybridized carbons (Fsp3) is 0.500. The van der Waals surface area contributed by atoms with E-state index in [0.29, 0.717) is 12.0 Å². The van der Waals surface area contributed by atoms with Gasteiger partial charge in [-0.25, -0.2) is 13.8 Å². The van der Waals surface area contributed by atoms with E-state index < -0.39 is 54.4 Å². The Morgan fingerprint density at radius 1 is 1.29 bits per heavy atom. The molecule has 0 spiro atoms. The van der Waals surface area contributed by atoms with Gasteiger partial charge in [0.05, 0.1) is 12.8 Å². The first kappa shape index (κ1) is 30.1. The van der Waals surface area contributed by atoms with E-state index in [-0.39, 0.29) is 29.9 Å².